The van der Waals surface area contributed by atoms with Gasteiger partial charge >= 0.3 is 0 Å². The lowest BCUT2D eigenvalue weighted by Crippen LogP contribution is -2.34. The minimum Gasteiger partial charge on any atom is -0.550 e. The van der Waals surface area contributed by atoms with Crippen LogP contribution in [0.2, 0.25) is 0 Å². The zero-order valence-corrected chi connectivity index (χ0v) is 13.5. The summed E-state index contributed by atoms with van der Waals surface area (Å²) in [5, 5.41) is 10.9. The molecule has 0 bridgehead atoms. The Hall–Kier alpha value is -2.18. The van der Waals surface area contributed by atoms with E-state index >= 15 is 0 Å². The number of sulfonamides is 1. The zero-order valence-electron chi connectivity index (χ0n) is 12.7. The largest absolute Gasteiger partial charge is 0.550 e. The van der Waals surface area contributed by atoms with Gasteiger partial charge in [-0.3, -0.25) is 0 Å². The summed E-state index contributed by atoms with van der Waals surface area (Å²) in [5.41, 5.74) is 1.60. The standard InChI is InChI=1S/C17H19NO4S/c1-2-13-8-10-15(11-9-13)23(21,22)18-16(12-17(19)20)14-6-4-3-5-7-14/h3-11,16,18H,2,12H2,1H3,(H,19,20)/p-1/t16-/m0/s1. The van der Waals surface area contributed by atoms with Crippen molar-refractivity contribution in [2.45, 2.75) is 30.7 Å². The van der Waals surface area contributed by atoms with E-state index in [1.54, 1.807) is 42.5 Å². The van der Waals surface area contributed by atoms with E-state index in [4.69, 9.17) is 0 Å². The molecular formula is C17H18NO4S-. The fraction of sp³-hybridized carbons (Fsp3) is 0.235. The van der Waals surface area contributed by atoms with Gasteiger partial charge in [-0.1, -0.05) is 49.4 Å². The second kappa shape index (κ2) is 7.39. The molecule has 0 aliphatic rings. The van der Waals surface area contributed by atoms with Gasteiger partial charge in [0.05, 0.1) is 10.9 Å². The highest BCUT2D eigenvalue weighted by Crippen LogP contribution is 2.20. The van der Waals surface area contributed by atoms with Crippen molar-refractivity contribution < 1.29 is 18.3 Å². The van der Waals surface area contributed by atoms with E-state index in [0.29, 0.717) is 5.56 Å². The molecule has 122 valence electrons. The molecule has 23 heavy (non-hydrogen) atoms. The van der Waals surface area contributed by atoms with Gasteiger partial charge in [0, 0.05) is 12.4 Å². The molecule has 1 atom stereocenters. The molecule has 0 aromatic heterocycles. The molecule has 2 aromatic carbocycles. The van der Waals surface area contributed by atoms with Crippen LogP contribution in [0.1, 0.15) is 30.5 Å². The van der Waals surface area contributed by atoms with E-state index in [1.807, 2.05) is 6.92 Å². The highest BCUT2D eigenvalue weighted by molar-refractivity contribution is 7.89. The molecule has 1 N–H and O–H groups in total. The molecule has 5 nitrogen and oxygen atoms in total. The van der Waals surface area contributed by atoms with Crippen molar-refractivity contribution in [3.05, 3.63) is 65.7 Å². The number of benzene rings is 2. The van der Waals surface area contributed by atoms with Crippen LogP contribution in [0.15, 0.2) is 59.5 Å². The van der Waals surface area contributed by atoms with Crippen molar-refractivity contribution in [1.29, 1.82) is 0 Å². The number of hydrogen-bond donors (Lipinski definition) is 1. The van der Waals surface area contributed by atoms with Gasteiger partial charge < -0.3 is 9.90 Å². The van der Waals surface area contributed by atoms with Crippen molar-refractivity contribution in [2.75, 3.05) is 0 Å². The average Bonchev–Trinajstić information content (AvgIpc) is 2.54. The van der Waals surface area contributed by atoms with Crippen LogP contribution < -0.4 is 9.83 Å². The van der Waals surface area contributed by atoms with E-state index in [9.17, 15) is 18.3 Å². The SMILES string of the molecule is CCc1ccc(S(=O)(=O)N[C@@H](CC(=O)[O-])c2ccccc2)cc1. The van der Waals surface area contributed by atoms with Crippen LogP contribution in [-0.4, -0.2) is 14.4 Å². The molecule has 0 aliphatic heterocycles. The first-order valence-electron chi connectivity index (χ1n) is 7.28. The normalized spacial score (nSPS) is 12.7. The molecule has 6 heteroatoms. The third-order valence-corrected chi connectivity index (χ3v) is 5.00. The summed E-state index contributed by atoms with van der Waals surface area (Å²) in [6.45, 7) is 1.98. The Balaban J connectivity index is 2.28. The third kappa shape index (κ3) is 4.64. The van der Waals surface area contributed by atoms with Crippen molar-refractivity contribution in [3.63, 3.8) is 0 Å². The molecule has 0 radical (unpaired) electrons. The Bertz CT molecular complexity index is 755. The molecule has 2 aromatic rings. The van der Waals surface area contributed by atoms with Crippen molar-refractivity contribution in [2.24, 2.45) is 0 Å². The molecule has 0 aliphatic carbocycles. The van der Waals surface area contributed by atoms with Gasteiger partial charge in [-0.05, 0) is 29.7 Å². The number of carboxylic acids is 1. The predicted octanol–water partition coefficient (Wildman–Crippen LogP) is 1.41. The fourth-order valence-electron chi connectivity index (χ4n) is 2.24. The van der Waals surface area contributed by atoms with Gasteiger partial charge in [0.1, 0.15) is 0 Å². The molecular weight excluding hydrogens is 314 g/mol. The highest BCUT2D eigenvalue weighted by Gasteiger charge is 2.21. The maximum atomic E-state index is 12.5. The molecule has 0 unspecified atom stereocenters. The Morgan fingerprint density at radius 3 is 2.22 bits per heavy atom. The first-order chi connectivity index (χ1) is 10.9. The van der Waals surface area contributed by atoms with Gasteiger partial charge in [-0.15, -0.1) is 0 Å². The molecule has 0 fully saturated rings. The van der Waals surface area contributed by atoms with E-state index in [1.165, 1.54) is 12.1 Å². The van der Waals surface area contributed by atoms with Gasteiger partial charge in [0.15, 0.2) is 0 Å². The second-order valence-electron chi connectivity index (χ2n) is 5.16. The molecule has 2 rings (SSSR count). The lowest BCUT2D eigenvalue weighted by molar-refractivity contribution is -0.306. The summed E-state index contributed by atoms with van der Waals surface area (Å²) in [7, 11) is -3.82. The van der Waals surface area contributed by atoms with Crippen LogP contribution in [0.4, 0.5) is 0 Å². The van der Waals surface area contributed by atoms with Crippen molar-refractivity contribution >= 4 is 16.0 Å². The topological polar surface area (TPSA) is 86.3 Å². The molecule has 0 amide bonds. The number of nitrogens with one attached hydrogen (secondary N) is 1. The summed E-state index contributed by atoms with van der Waals surface area (Å²) in [5.74, 6) is -1.32. The van der Waals surface area contributed by atoms with Crippen LogP contribution in [-0.2, 0) is 21.2 Å². The second-order valence-corrected chi connectivity index (χ2v) is 6.87. The minimum absolute atomic E-state index is 0.106. The van der Waals surface area contributed by atoms with Crippen LogP contribution in [0.5, 0.6) is 0 Å². The third-order valence-electron chi connectivity index (χ3n) is 3.51. The maximum absolute atomic E-state index is 12.5. The fourth-order valence-corrected chi connectivity index (χ4v) is 3.46. The summed E-state index contributed by atoms with van der Waals surface area (Å²) < 4.78 is 27.4. The van der Waals surface area contributed by atoms with E-state index < -0.39 is 28.5 Å². The first-order valence-corrected chi connectivity index (χ1v) is 8.76. The van der Waals surface area contributed by atoms with Crippen LogP contribution in [0.25, 0.3) is 0 Å². The number of carboxylic acid groups (broad SMARTS) is 1. The minimum atomic E-state index is -3.82. The van der Waals surface area contributed by atoms with Crippen LogP contribution in [0.3, 0.4) is 0 Å². The maximum Gasteiger partial charge on any atom is 0.241 e. The number of aliphatic carboxylic acids is 1. The first kappa shape index (κ1) is 17.2. The van der Waals surface area contributed by atoms with Gasteiger partial charge in [-0.25, -0.2) is 13.1 Å². The van der Waals surface area contributed by atoms with Gasteiger partial charge in [0.25, 0.3) is 0 Å². The number of hydrogen-bond acceptors (Lipinski definition) is 4. The van der Waals surface area contributed by atoms with E-state index in [0.717, 1.165) is 12.0 Å². The number of rotatable bonds is 7. The summed E-state index contributed by atoms with van der Waals surface area (Å²) >= 11 is 0. The highest BCUT2D eigenvalue weighted by atomic mass is 32.2. The smallest absolute Gasteiger partial charge is 0.241 e. The summed E-state index contributed by atoms with van der Waals surface area (Å²) in [6.07, 6.45) is 0.376. The Kier molecular flexibility index (Phi) is 5.52. The Morgan fingerprint density at radius 1 is 1.09 bits per heavy atom. The van der Waals surface area contributed by atoms with Crippen LogP contribution >= 0.6 is 0 Å². The Morgan fingerprint density at radius 2 is 1.70 bits per heavy atom. The van der Waals surface area contributed by atoms with E-state index in [-0.39, 0.29) is 4.90 Å². The number of carbonyl (C=O) groups excluding carboxylic acids is 1. The predicted molar refractivity (Wildman–Crippen MR) is 84.9 cm³/mol. The number of carbonyl (C=O) groups is 1. The van der Waals surface area contributed by atoms with Crippen LogP contribution in [0, 0.1) is 0 Å². The monoisotopic (exact) mass is 332 g/mol. The summed E-state index contributed by atoms with van der Waals surface area (Å²) in [6, 6.07) is 14.2. The molecule has 0 saturated carbocycles. The van der Waals surface area contributed by atoms with Crippen molar-refractivity contribution in [1.82, 2.24) is 4.72 Å². The van der Waals surface area contributed by atoms with Crippen molar-refractivity contribution in [3.8, 4) is 0 Å². The molecule has 0 spiro atoms. The zero-order chi connectivity index (χ0) is 16.9. The molecule has 0 saturated heterocycles. The van der Waals surface area contributed by atoms with E-state index in [2.05, 4.69) is 4.72 Å². The van der Waals surface area contributed by atoms with Gasteiger partial charge in [-0.2, -0.15) is 0 Å². The lowest BCUT2D eigenvalue weighted by Gasteiger charge is -2.20. The Labute approximate surface area is 136 Å². The average molecular weight is 332 g/mol. The van der Waals surface area contributed by atoms with Gasteiger partial charge in [0.2, 0.25) is 10.0 Å². The summed E-state index contributed by atoms with van der Waals surface area (Å²) in [4.78, 5) is 11.0. The molecule has 0 heterocycles. The lowest BCUT2D eigenvalue weighted by atomic mass is 10.1. The quantitative estimate of drug-likeness (QED) is 0.830. The number of aryl methyl sites for hydroxylation is 1.